The predicted molar refractivity (Wildman–Crippen MR) is 235 cm³/mol. The first-order chi connectivity index (χ1) is 30.8. The number of hydrogen-bond donors (Lipinski definition) is 4. The summed E-state index contributed by atoms with van der Waals surface area (Å²) in [6, 6.07) is 17.2. The van der Waals surface area contributed by atoms with Gasteiger partial charge in [-0.05, 0) is 87.1 Å². The minimum Gasteiger partial charge on any atom is -0.493 e. The zero-order valence-corrected chi connectivity index (χ0v) is 35.6. The molecule has 2 aromatic heterocycles. The SMILES string of the molecule is CCc1ccc2c(c1)c(=O)c(C(=O)Nc1ccc(Oc3ncnc4cc(OCCCCC(O)Nc5cccc6c5CN(C5CCC(=O)NC5=O)C6=O)c(OC)cc34)c(F)c1)c(C)n2C. The molecule has 8 rings (SSSR count). The van der Waals surface area contributed by atoms with E-state index in [0.29, 0.717) is 75.1 Å². The van der Waals surface area contributed by atoms with Gasteiger partial charge in [-0.2, -0.15) is 0 Å². The molecule has 6 aromatic rings. The maximum atomic E-state index is 15.6. The van der Waals surface area contributed by atoms with E-state index >= 15 is 4.39 Å². The Morgan fingerprint density at radius 3 is 2.59 bits per heavy atom. The number of aliphatic hydroxyl groups is 1. The molecular formula is C47H46FN7O9. The van der Waals surface area contributed by atoms with Crippen LogP contribution < -0.4 is 35.6 Å². The fourth-order valence-electron chi connectivity index (χ4n) is 8.14. The van der Waals surface area contributed by atoms with Crippen LogP contribution in [0.1, 0.15) is 76.6 Å². The van der Waals surface area contributed by atoms with Crippen molar-refractivity contribution in [2.45, 2.75) is 71.2 Å². The lowest BCUT2D eigenvalue weighted by atomic mass is 10.0. The first-order valence-corrected chi connectivity index (χ1v) is 20.9. The third kappa shape index (κ3) is 8.53. The van der Waals surface area contributed by atoms with E-state index < -0.39 is 35.3 Å². The fraction of sp³-hybridized carbons (Fsp3) is 0.298. The van der Waals surface area contributed by atoms with Crippen LogP contribution in [0.25, 0.3) is 21.8 Å². The van der Waals surface area contributed by atoms with Gasteiger partial charge in [0.05, 0.1) is 30.1 Å². The van der Waals surface area contributed by atoms with Crippen molar-refractivity contribution in [1.29, 1.82) is 0 Å². The number of unbranched alkanes of at least 4 members (excludes halogenated alkanes) is 1. The average Bonchev–Trinajstić information content (AvgIpc) is 3.62. The summed E-state index contributed by atoms with van der Waals surface area (Å²) >= 11 is 0. The molecule has 4 heterocycles. The Kier molecular flexibility index (Phi) is 12.3. The number of carbonyl (C=O) groups is 4. The largest absolute Gasteiger partial charge is 0.493 e. The maximum absolute atomic E-state index is 15.6. The summed E-state index contributed by atoms with van der Waals surface area (Å²) in [5.41, 5.74) is 3.99. The van der Waals surface area contributed by atoms with Crippen molar-refractivity contribution in [3.63, 3.8) is 0 Å². The highest BCUT2D eigenvalue weighted by atomic mass is 19.1. The second-order valence-electron chi connectivity index (χ2n) is 15.7. The highest BCUT2D eigenvalue weighted by molar-refractivity contribution is 6.07. The van der Waals surface area contributed by atoms with Gasteiger partial charge in [-0.25, -0.2) is 14.4 Å². The number of benzene rings is 4. The Morgan fingerprint density at radius 2 is 1.83 bits per heavy atom. The first kappa shape index (κ1) is 43.3. The van der Waals surface area contributed by atoms with Crippen LogP contribution in [-0.2, 0) is 29.6 Å². The van der Waals surface area contributed by atoms with Crippen molar-refractivity contribution in [3.05, 3.63) is 117 Å². The smallest absolute Gasteiger partial charge is 0.261 e. The second kappa shape index (κ2) is 18.1. The van der Waals surface area contributed by atoms with E-state index in [9.17, 15) is 29.1 Å². The number of aliphatic hydroxyl groups excluding tert-OH is 1. The Hall–Kier alpha value is -7.40. The highest BCUT2D eigenvalue weighted by Gasteiger charge is 2.40. The number of aryl methyl sites for hydroxylation is 2. The predicted octanol–water partition coefficient (Wildman–Crippen LogP) is 6.29. The summed E-state index contributed by atoms with van der Waals surface area (Å²) in [5, 5.41) is 19.8. The van der Waals surface area contributed by atoms with Gasteiger partial charge in [0.1, 0.15) is 24.2 Å². The van der Waals surface area contributed by atoms with Crippen LogP contribution >= 0.6 is 0 Å². The zero-order chi connectivity index (χ0) is 45.2. The molecule has 2 unspecified atom stereocenters. The van der Waals surface area contributed by atoms with E-state index in [-0.39, 0.29) is 60.7 Å². The number of hydrogen-bond acceptors (Lipinski definition) is 12. The molecule has 64 heavy (non-hydrogen) atoms. The van der Waals surface area contributed by atoms with E-state index in [1.807, 2.05) is 19.1 Å². The van der Waals surface area contributed by atoms with Crippen LogP contribution in [0.15, 0.2) is 77.9 Å². The number of anilines is 2. The number of aromatic nitrogens is 3. The molecule has 0 bridgehead atoms. The number of fused-ring (bicyclic) bond motifs is 3. The molecule has 2 aliphatic heterocycles. The minimum atomic E-state index is -0.930. The molecule has 0 saturated carbocycles. The molecule has 0 radical (unpaired) electrons. The Balaban J connectivity index is 0.871. The standard InChI is InChI=1S/C47H46FN7O9/c1-5-26-12-14-35-30(19-26)43(58)42(25(2)54(35)3)45(60)51-27-13-16-37(32(48)20-27)64-46-29-21-38(62-4)39(22-34(29)49-24-50-46)63-18-7-6-11-40(56)52-33-10-8-9-28-31(33)23-55(47(28)61)36-15-17-41(57)53-44(36)59/h8-10,12-14,16,19-22,24,36,40,52,56H,5-7,11,15,17-18,23H2,1-4H3,(H,51,60)(H,53,57,59). The van der Waals surface area contributed by atoms with Gasteiger partial charge >= 0.3 is 0 Å². The molecular weight excluding hydrogens is 826 g/mol. The molecule has 0 aliphatic carbocycles. The third-order valence-corrected chi connectivity index (χ3v) is 11.7. The van der Waals surface area contributed by atoms with Gasteiger partial charge in [0.25, 0.3) is 11.8 Å². The van der Waals surface area contributed by atoms with E-state index in [2.05, 4.69) is 25.9 Å². The van der Waals surface area contributed by atoms with Crippen LogP contribution in [0.5, 0.6) is 23.1 Å². The van der Waals surface area contributed by atoms with Crippen LogP contribution in [0, 0.1) is 12.7 Å². The van der Waals surface area contributed by atoms with E-state index in [4.69, 9.17) is 14.2 Å². The van der Waals surface area contributed by atoms with E-state index in [0.717, 1.165) is 18.1 Å². The number of nitrogens with zero attached hydrogens (tertiary/aromatic N) is 4. The molecule has 0 spiro atoms. The molecule has 1 fully saturated rings. The van der Waals surface area contributed by atoms with Gasteiger partial charge < -0.3 is 39.4 Å². The summed E-state index contributed by atoms with van der Waals surface area (Å²) in [7, 11) is 3.26. The lowest BCUT2D eigenvalue weighted by Crippen LogP contribution is -2.52. The summed E-state index contributed by atoms with van der Waals surface area (Å²) in [4.78, 5) is 74.3. The van der Waals surface area contributed by atoms with Crippen LogP contribution in [-0.4, -0.2) is 74.2 Å². The van der Waals surface area contributed by atoms with Crippen molar-refractivity contribution < 1.29 is 42.9 Å². The Morgan fingerprint density at radius 1 is 1.00 bits per heavy atom. The number of ether oxygens (including phenoxy) is 3. The van der Waals surface area contributed by atoms with E-state index in [1.165, 1.54) is 30.5 Å². The van der Waals surface area contributed by atoms with Gasteiger partial charge in [0.2, 0.25) is 23.1 Å². The van der Waals surface area contributed by atoms with Gasteiger partial charge in [-0.1, -0.05) is 19.1 Å². The molecule has 4 N–H and O–H groups in total. The molecule has 2 aliphatic rings. The van der Waals surface area contributed by atoms with Gasteiger partial charge in [-0.3, -0.25) is 29.3 Å². The van der Waals surface area contributed by atoms with Gasteiger partial charge in [0.15, 0.2) is 23.1 Å². The fourth-order valence-corrected chi connectivity index (χ4v) is 8.14. The molecule has 16 nitrogen and oxygen atoms in total. The molecule has 4 aromatic carbocycles. The maximum Gasteiger partial charge on any atom is 0.261 e. The number of methoxy groups -OCH3 is 1. The normalized spacial score (nSPS) is 15.2. The molecule has 2 atom stereocenters. The molecule has 330 valence electrons. The van der Waals surface area contributed by atoms with Crippen molar-refractivity contribution in [2.24, 2.45) is 7.05 Å². The molecule has 17 heteroatoms. The van der Waals surface area contributed by atoms with Crippen molar-refractivity contribution >= 4 is 56.8 Å². The van der Waals surface area contributed by atoms with Crippen LogP contribution in [0.4, 0.5) is 15.8 Å². The number of carbonyl (C=O) groups excluding carboxylic acids is 4. The monoisotopic (exact) mass is 871 g/mol. The Labute approximate surface area is 366 Å². The number of nitrogens with one attached hydrogen (secondary N) is 3. The number of piperidine rings is 1. The summed E-state index contributed by atoms with van der Waals surface area (Å²) in [6.45, 7) is 4.14. The number of rotatable bonds is 15. The van der Waals surface area contributed by atoms with Crippen LogP contribution in [0.2, 0.25) is 0 Å². The number of halogens is 1. The summed E-state index contributed by atoms with van der Waals surface area (Å²) in [6.07, 6.45) is 3.01. The van der Waals surface area contributed by atoms with Crippen LogP contribution in [0.3, 0.4) is 0 Å². The van der Waals surface area contributed by atoms with E-state index in [1.54, 1.807) is 54.9 Å². The second-order valence-corrected chi connectivity index (χ2v) is 15.7. The number of amides is 4. The lowest BCUT2D eigenvalue weighted by molar-refractivity contribution is -0.136. The van der Waals surface area contributed by atoms with Gasteiger partial charge in [-0.15, -0.1) is 0 Å². The highest BCUT2D eigenvalue weighted by Crippen LogP contribution is 2.37. The lowest BCUT2D eigenvalue weighted by Gasteiger charge is -2.29. The third-order valence-electron chi connectivity index (χ3n) is 11.7. The quantitative estimate of drug-likeness (QED) is 0.0512. The minimum absolute atomic E-state index is 0.0318. The molecule has 1 saturated heterocycles. The average molecular weight is 872 g/mol. The Bertz CT molecular complexity index is 2920. The molecule has 4 amide bonds. The topological polar surface area (TPSA) is 203 Å². The van der Waals surface area contributed by atoms with Crippen molar-refractivity contribution in [2.75, 3.05) is 24.4 Å². The first-order valence-electron chi connectivity index (χ1n) is 20.9. The van der Waals surface area contributed by atoms with Crippen molar-refractivity contribution in [3.8, 4) is 23.1 Å². The number of pyridine rings is 1. The summed E-state index contributed by atoms with van der Waals surface area (Å²) in [5.74, 6) is -1.95. The van der Waals surface area contributed by atoms with Crippen molar-refractivity contribution in [1.82, 2.24) is 24.8 Å². The number of imide groups is 1. The zero-order valence-electron chi connectivity index (χ0n) is 35.6. The summed E-state index contributed by atoms with van der Waals surface area (Å²) < 4.78 is 34.9. The van der Waals surface area contributed by atoms with Gasteiger partial charge in [0, 0.05) is 65.7 Å².